The van der Waals surface area contributed by atoms with Crippen molar-refractivity contribution in [3.8, 4) is 0 Å². The van der Waals surface area contributed by atoms with Gasteiger partial charge in [0, 0.05) is 12.8 Å². The average molecular weight is 309 g/mol. The molecule has 2 aromatic rings. The van der Waals surface area contributed by atoms with E-state index in [4.69, 9.17) is 4.65 Å². The van der Waals surface area contributed by atoms with Crippen LogP contribution in [0.25, 0.3) is 0 Å². The number of nitrogens with zero attached hydrogens (tertiary/aromatic N) is 1. The molecule has 0 amide bonds. The van der Waals surface area contributed by atoms with E-state index in [1.165, 1.54) is 16.6 Å². The summed E-state index contributed by atoms with van der Waals surface area (Å²) in [4.78, 5) is 2.22. The van der Waals surface area contributed by atoms with Gasteiger partial charge in [0.15, 0.2) is 0 Å². The van der Waals surface area contributed by atoms with E-state index in [1.807, 2.05) is 6.07 Å². The summed E-state index contributed by atoms with van der Waals surface area (Å²) in [6.45, 7) is 8.99. The predicted molar refractivity (Wildman–Crippen MR) is 102 cm³/mol. The first kappa shape index (κ1) is 17.6. The molecule has 0 fully saturated rings. The van der Waals surface area contributed by atoms with Gasteiger partial charge in [-0.1, -0.05) is 64.1 Å². The van der Waals surface area contributed by atoms with E-state index in [0.29, 0.717) is 11.8 Å². The molecule has 23 heavy (non-hydrogen) atoms. The van der Waals surface area contributed by atoms with Crippen LogP contribution in [0.4, 0.5) is 5.69 Å². The Hall–Kier alpha value is -1.74. The van der Waals surface area contributed by atoms with Crippen molar-refractivity contribution < 1.29 is 4.65 Å². The fourth-order valence-electron chi connectivity index (χ4n) is 3.16. The van der Waals surface area contributed by atoms with Crippen LogP contribution in [0.1, 0.15) is 50.7 Å². The molecule has 0 spiro atoms. The SMILES string of the molecule is COB(c1c(C(C)C)cccc1C(C)C)N(C)c1ccccc1. The van der Waals surface area contributed by atoms with Crippen LogP contribution in [0.3, 0.4) is 0 Å². The molecule has 0 unspecified atom stereocenters. The van der Waals surface area contributed by atoms with Crippen LogP contribution in [0, 0.1) is 0 Å². The highest BCUT2D eigenvalue weighted by molar-refractivity contribution is 6.72. The summed E-state index contributed by atoms with van der Waals surface area (Å²) in [5.74, 6) is 0.927. The Labute approximate surface area is 141 Å². The van der Waals surface area contributed by atoms with Crippen LogP contribution < -0.4 is 10.3 Å². The zero-order valence-corrected chi connectivity index (χ0v) is 15.2. The van der Waals surface area contributed by atoms with Crippen molar-refractivity contribution in [2.75, 3.05) is 19.0 Å². The summed E-state index contributed by atoms with van der Waals surface area (Å²) in [6, 6.07) is 17.1. The lowest BCUT2D eigenvalue weighted by Crippen LogP contribution is -2.51. The van der Waals surface area contributed by atoms with E-state index in [9.17, 15) is 0 Å². The van der Waals surface area contributed by atoms with Crippen molar-refractivity contribution >= 4 is 18.2 Å². The van der Waals surface area contributed by atoms with Crippen LogP contribution >= 0.6 is 0 Å². The van der Waals surface area contributed by atoms with Gasteiger partial charge in [-0.25, -0.2) is 0 Å². The molecular formula is C20H28BNO. The molecule has 0 radical (unpaired) electrons. The second-order valence-corrected chi connectivity index (χ2v) is 6.69. The van der Waals surface area contributed by atoms with Gasteiger partial charge >= 0.3 is 7.05 Å². The van der Waals surface area contributed by atoms with Crippen molar-refractivity contribution in [3.05, 3.63) is 59.7 Å². The molecule has 0 N–H and O–H groups in total. The van der Waals surface area contributed by atoms with E-state index >= 15 is 0 Å². The Morgan fingerprint density at radius 2 is 1.35 bits per heavy atom. The highest BCUT2D eigenvalue weighted by Crippen LogP contribution is 2.22. The standard InChI is InChI=1S/C20H28BNO/c1-15(2)18-13-10-14-19(16(3)4)20(18)21(23-6)22(5)17-11-8-7-9-12-17/h7-16H,1-6H3. The molecule has 0 aliphatic heterocycles. The van der Waals surface area contributed by atoms with E-state index in [2.05, 4.69) is 82.0 Å². The van der Waals surface area contributed by atoms with Crippen molar-refractivity contribution in [1.82, 2.24) is 0 Å². The Kier molecular flexibility index (Phi) is 5.89. The topological polar surface area (TPSA) is 12.5 Å². The molecule has 0 aromatic heterocycles. The number of para-hydroxylation sites is 1. The number of anilines is 1. The van der Waals surface area contributed by atoms with Gasteiger partial charge in [0.25, 0.3) is 0 Å². The molecular weight excluding hydrogens is 281 g/mol. The van der Waals surface area contributed by atoms with Gasteiger partial charge in [-0.3, -0.25) is 0 Å². The summed E-state index contributed by atoms with van der Waals surface area (Å²) in [7, 11) is 3.81. The van der Waals surface area contributed by atoms with Crippen molar-refractivity contribution in [3.63, 3.8) is 0 Å². The molecule has 0 heterocycles. The number of hydrogen-bond donors (Lipinski definition) is 0. The Bertz CT molecular complexity index is 599. The van der Waals surface area contributed by atoms with E-state index < -0.39 is 0 Å². The molecule has 0 aliphatic rings. The molecule has 0 saturated carbocycles. The highest BCUT2D eigenvalue weighted by Gasteiger charge is 2.31. The maximum absolute atomic E-state index is 5.96. The number of hydrogen-bond acceptors (Lipinski definition) is 2. The minimum Gasteiger partial charge on any atom is -0.415 e. The second-order valence-electron chi connectivity index (χ2n) is 6.69. The minimum absolute atomic E-state index is 0.0894. The lowest BCUT2D eigenvalue weighted by Gasteiger charge is -2.30. The molecule has 2 nitrogen and oxygen atoms in total. The Morgan fingerprint density at radius 3 is 1.78 bits per heavy atom. The summed E-state index contributed by atoms with van der Waals surface area (Å²) in [5, 5.41) is 0. The lowest BCUT2D eigenvalue weighted by molar-refractivity contribution is 0.427. The third-order valence-electron chi connectivity index (χ3n) is 4.40. The third kappa shape index (κ3) is 3.78. The molecule has 2 rings (SSSR count). The number of benzene rings is 2. The zero-order chi connectivity index (χ0) is 17.0. The largest absolute Gasteiger partial charge is 0.452 e. The molecule has 0 saturated heterocycles. The zero-order valence-electron chi connectivity index (χ0n) is 15.2. The first-order chi connectivity index (χ1) is 11.0. The lowest BCUT2D eigenvalue weighted by atomic mass is 9.63. The molecule has 2 aromatic carbocycles. The van der Waals surface area contributed by atoms with Gasteiger partial charge in [0.2, 0.25) is 0 Å². The van der Waals surface area contributed by atoms with Crippen LogP contribution in [-0.2, 0) is 4.65 Å². The number of rotatable bonds is 6. The van der Waals surface area contributed by atoms with Crippen molar-refractivity contribution in [2.45, 2.75) is 39.5 Å². The van der Waals surface area contributed by atoms with Gasteiger partial charge < -0.3 is 9.47 Å². The van der Waals surface area contributed by atoms with Gasteiger partial charge in [-0.15, -0.1) is 0 Å². The fourth-order valence-corrected chi connectivity index (χ4v) is 3.16. The first-order valence-electron chi connectivity index (χ1n) is 8.40. The average Bonchev–Trinajstić information content (AvgIpc) is 2.56. The van der Waals surface area contributed by atoms with E-state index in [-0.39, 0.29) is 7.05 Å². The van der Waals surface area contributed by atoms with Crippen LogP contribution in [0.2, 0.25) is 0 Å². The Morgan fingerprint density at radius 1 is 0.826 bits per heavy atom. The third-order valence-corrected chi connectivity index (χ3v) is 4.40. The molecule has 122 valence electrons. The Balaban J connectivity index is 2.56. The van der Waals surface area contributed by atoms with Gasteiger partial charge in [-0.2, -0.15) is 0 Å². The summed E-state index contributed by atoms with van der Waals surface area (Å²) >= 11 is 0. The molecule has 0 atom stereocenters. The smallest absolute Gasteiger partial charge is 0.415 e. The highest BCUT2D eigenvalue weighted by atomic mass is 16.4. The first-order valence-corrected chi connectivity index (χ1v) is 8.40. The predicted octanol–water partition coefficient (Wildman–Crippen LogP) is 4.41. The maximum atomic E-state index is 5.96. The van der Waals surface area contributed by atoms with Crippen molar-refractivity contribution in [2.24, 2.45) is 0 Å². The minimum atomic E-state index is -0.0894. The van der Waals surface area contributed by atoms with Gasteiger partial charge in [-0.05, 0) is 47.6 Å². The van der Waals surface area contributed by atoms with Crippen LogP contribution in [0.15, 0.2) is 48.5 Å². The maximum Gasteiger partial charge on any atom is 0.452 e. The molecule has 0 bridgehead atoms. The second kappa shape index (κ2) is 7.69. The summed E-state index contributed by atoms with van der Waals surface area (Å²) in [5.41, 5.74) is 5.20. The summed E-state index contributed by atoms with van der Waals surface area (Å²) in [6.07, 6.45) is 0. The van der Waals surface area contributed by atoms with Crippen LogP contribution in [-0.4, -0.2) is 21.2 Å². The van der Waals surface area contributed by atoms with E-state index in [1.54, 1.807) is 7.11 Å². The summed E-state index contributed by atoms with van der Waals surface area (Å²) < 4.78 is 5.96. The molecule has 0 aliphatic carbocycles. The monoisotopic (exact) mass is 309 g/mol. The normalized spacial score (nSPS) is 11.1. The van der Waals surface area contributed by atoms with Crippen LogP contribution in [0.5, 0.6) is 0 Å². The van der Waals surface area contributed by atoms with E-state index in [0.717, 1.165) is 5.69 Å². The van der Waals surface area contributed by atoms with Gasteiger partial charge in [0.1, 0.15) is 0 Å². The quantitative estimate of drug-likeness (QED) is 0.733. The molecule has 3 heteroatoms. The van der Waals surface area contributed by atoms with Gasteiger partial charge in [0.05, 0.1) is 0 Å². The van der Waals surface area contributed by atoms with Crippen molar-refractivity contribution in [1.29, 1.82) is 0 Å². The fraction of sp³-hybridized carbons (Fsp3) is 0.400.